The molecule has 0 saturated heterocycles. The lowest BCUT2D eigenvalue weighted by Gasteiger charge is -2.16. The summed E-state index contributed by atoms with van der Waals surface area (Å²) in [5.74, 6) is -0.201. The molecule has 1 aliphatic carbocycles. The fraction of sp³-hybridized carbons (Fsp3) is 0.208. The Balaban J connectivity index is 1.35. The van der Waals surface area contributed by atoms with E-state index in [9.17, 15) is 9.59 Å². The average Bonchev–Trinajstić information content (AvgIpc) is 3.25. The summed E-state index contributed by atoms with van der Waals surface area (Å²) in [6.07, 6.45) is 4.66. The molecule has 0 fully saturated rings. The molecule has 0 saturated carbocycles. The van der Waals surface area contributed by atoms with Crippen molar-refractivity contribution in [3.8, 4) is 11.1 Å². The van der Waals surface area contributed by atoms with Crippen molar-refractivity contribution in [3.05, 3.63) is 73.3 Å². The SMILES string of the molecule is O=C(CSc1nc2scc(-c3ccc4c(c3)CCCC4)c2c(=O)[nH]1)Nc1cccc(Cl)c1Cl. The maximum atomic E-state index is 12.9. The molecule has 2 heterocycles. The molecule has 1 aliphatic rings. The normalized spacial score (nSPS) is 13.2. The number of nitrogens with zero attached hydrogens (tertiary/aromatic N) is 1. The first-order valence-electron chi connectivity index (χ1n) is 10.5. The summed E-state index contributed by atoms with van der Waals surface area (Å²) in [5, 5.41) is 6.37. The van der Waals surface area contributed by atoms with Gasteiger partial charge in [0.1, 0.15) is 4.83 Å². The van der Waals surface area contributed by atoms with Crippen LogP contribution in [0.5, 0.6) is 0 Å². The van der Waals surface area contributed by atoms with Crippen molar-refractivity contribution in [1.82, 2.24) is 9.97 Å². The number of carbonyl (C=O) groups is 1. The van der Waals surface area contributed by atoms with E-state index in [2.05, 4.69) is 33.5 Å². The molecular weight excluding hydrogens is 497 g/mol. The van der Waals surface area contributed by atoms with Gasteiger partial charge in [-0.3, -0.25) is 9.59 Å². The third kappa shape index (κ3) is 4.68. The van der Waals surface area contributed by atoms with Crippen molar-refractivity contribution in [2.24, 2.45) is 0 Å². The van der Waals surface area contributed by atoms with Crippen LogP contribution >= 0.6 is 46.3 Å². The van der Waals surface area contributed by atoms with Crippen LogP contribution in [0.1, 0.15) is 24.0 Å². The van der Waals surface area contributed by atoms with Gasteiger partial charge < -0.3 is 10.3 Å². The van der Waals surface area contributed by atoms with Gasteiger partial charge in [0.2, 0.25) is 5.91 Å². The molecule has 2 aromatic heterocycles. The Morgan fingerprint density at radius 1 is 1.15 bits per heavy atom. The monoisotopic (exact) mass is 515 g/mol. The van der Waals surface area contributed by atoms with Crippen LogP contribution in [-0.2, 0) is 17.6 Å². The number of aromatic amines is 1. The Bertz CT molecular complexity index is 1430. The number of H-pyrrole nitrogens is 1. The molecule has 1 amide bonds. The van der Waals surface area contributed by atoms with E-state index in [0.29, 0.717) is 31.1 Å². The third-order valence-corrected chi connectivity index (χ3v) is 8.21. The van der Waals surface area contributed by atoms with E-state index in [1.807, 2.05) is 5.38 Å². The van der Waals surface area contributed by atoms with Crippen LogP contribution in [0.2, 0.25) is 10.0 Å². The van der Waals surface area contributed by atoms with E-state index in [1.165, 1.54) is 35.3 Å². The lowest BCUT2D eigenvalue weighted by molar-refractivity contribution is -0.113. The highest BCUT2D eigenvalue weighted by molar-refractivity contribution is 7.99. The van der Waals surface area contributed by atoms with Gasteiger partial charge in [0, 0.05) is 10.9 Å². The maximum absolute atomic E-state index is 12.9. The third-order valence-electron chi connectivity index (χ3n) is 5.65. The predicted octanol–water partition coefficient (Wildman–Crippen LogP) is 6.57. The summed E-state index contributed by atoms with van der Waals surface area (Å²) >= 11 is 14.7. The minimum Gasteiger partial charge on any atom is -0.324 e. The van der Waals surface area contributed by atoms with Crippen LogP contribution in [-0.4, -0.2) is 21.6 Å². The van der Waals surface area contributed by atoms with Gasteiger partial charge in [0.05, 0.1) is 26.9 Å². The second kappa shape index (κ2) is 9.50. The number of benzene rings is 2. The summed E-state index contributed by atoms with van der Waals surface area (Å²) in [6, 6.07) is 11.5. The minimum absolute atomic E-state index is 0.0698. The number of aryl methyl sites for hydroxylation is 2. The first-order chi connectivity index (χ1) is 16.0. The standard InChI is InChI=1S/C24H19Cl2N3O2S2/c25-17-6-3-7-18(21(17)26)27-19(30)12-33-24-28-22(31)20-16(11-32-23(20)29-24)15-9-8-13-4-1-2-5-14(13)10-15/h3,6-11H,1-2,4-5,12H2,(H,27,30)(H,28,29,31). The van der Waals surface area contributed by atoms with E-state index in [4.69, 9.17) is 23.2 Å². The lowest BCUT2D eigenvalue weighted by atomic mass is 9.89. The van der Waals surface area contributed by atoms with Crippen LogP contribution in [0.4, 0.5) is 5.69 Å². The molecule has 0 unspecified atom stereocenters. The fourth-order valence-corrected chi connectivity index (χ4v) is 6.05. The number of aromatic nitrogens is 2. The number of amides is 1. The van der Waals surface area contributed by atoms with E-state index in [1.54, 1.807) is 18.2 Å². The molecule has 2 aromatic carbocycles. The van der Waals surface area contributed by atoms with Crippen molar-refractivity contribution < 1.29 is 4.79 Å². The predicted molar refractivity (Wildman–Crippen MR) is 138 cm³/mol. The zero-order valence-electron chi connectivity index (χ0n) is 17.4. The van der Waals surface area contributed by atoms with Crippen LogP contribution in [0.15, 0.2) is 51.7 Å². The summed E-state index contributed by atoms with van der Waals surface area (Å²) in [5.41, 5.74) is 4.98. The van der Waals surface area contributed by atoms with Gasteiger partial charge in [-0.25, -0.2) is 4.98 Å². The molecule has 168 valence electrons. The molecule has 0 bridgehead atoms. The highest BCUT2D eigenvalue weighted by Gasteiger charge is 2.17. The molecular formula is C24H19Cl2N3O2S2. The minimum atomic E-state index is -0.271. The number of fused-ring (bicyclic) bond motifs is 2. The summed E-state index contributed by atoms with van der Waals surface area (Å²) in [6.45, 7) is 0. The van der Waals surface area contributed by atoms with Crippen molar-refractivity contribution in [3.63, 3.8) is 0 Å². The van der Waals surface area contributed by atoms with Crippen LogP contribution in [0, 0.1) is 0 Å². The van der Waals surface area contributed by atoms with E-state index < -0.39 is 0 Å². The largest absolute Gasteiger partial charge is 0.324 e. The van der Waals surface area contributed by atoms with Crippen molar-refractivity contribution in [2.45, 2.75) is 30.8 Å². The first-order valence-corrected chi connectivity index (χ1v) is 13.1. The van der Waals surface area contributed by atoms with Crippen molar-refractivity contribution >= 4 is 68.1 Å². The molecule has 0 atom stereocenters. The zero-order valence-corrected chi connectivity index (χ0v) is 20.6. The number of hydrogen-bond acceptors (Lipinski definition) is 5. The Morgan fingerprint density at radius 2 is 1.97 bits per heavy atom. The molecule has 5 nitrogen and oxygen atoms in total. The number of carbonyl (C=O) groups excluding carboxylic acids is 1. The second-order valence-corrected chi connectivity index (χ2v) is 10.4. The Kier molecular flexibility index (Phi) is 6.47. The van der Waals surface area contributed by atoms with Gasteiger partial charge in [-0.1, -0.05) is 59.2 Å². The van der Waals surface area contributed by atoms with Gasteiger partial charge in [0.25, 0.3) is 5.56 Å². The molecule has 0 radical (unpaired) electrons. The molecule has 9 heteroatoms. The summed E-state index contributed by atoms with van der Waals surface area (Å²) in [7, 11) is 0. The Morgan fingerprint density at radius 3 is 2.82 bits per heavy atom. The average molecular weight is 516 g/mol. The molecule has 4 aromatic rings. The summed E-state index contributed by atoms with van der Waals surface area (Å²) in [4.78, 5) is 33.3. The fourth-order valence-electron chi connectivity index (χ4n) is 4.03. The lowest BCUT2D eigenvalue weighted by Crippen LogP contribution is -2.15. The number of rotatable bonds is 5. The Hall–Kier alpha value is -2.32. The first kappa shape index (κ1) is 22.5. The van der Waals surface area contributed by atoms with E-state index in [0.717, 1.165) is 35.7 Å². The quantitative estimate of drug-likeness (QED) is 0.233. The van der Waals surface area contributed by atoms with Crippen LogP contribution in [0.3, 0.4) is 0 Å². The van der Waals surface area contributed by atoms with Gasteiger partial charge in [-0.15, -0.1) is 11.3 Å². The molecule has 0 aliphatic heterocycles. The van der Waals surface area contributed by atoms with Gasteiger partial charge in [-0.2, -0.15) is 0 Å². The smallest absolute Gasteiger partial charge is 0.260 e. The second-order valence-electron chi connectivity index (χ2n) is 7.83. The number of anilines is 1. The van der Waals surface area contributed by atoms with Gasteiger partial charge >= 0.3 is 0 Å². The van der Waals surface area contributed by atoms with Crippen LogP contribution < -0.4 is 10.9 Å². The number of thiophene rings is 1. The Labute approximate surface area is 208 Å². The van der Waals surface area contributed by atoms with Crippen LogP contribution in [0.25, 0.3) is 21.3 Å². The van der Waals surface area contributed by atoms with E-state index in [-0.39, 0.29) is 17.2 Å². The molecule has 5 rings (SSSR count). The molecule has 2 N–H and O–H groups in total. The maximum Gasteiger partial charge on any atom is 0.260 e. The molecule has 33 heavy (non-hydrogen) atoms. The number of thioether (sulfide) groups is 1. The topological polar surface area (TPSA) is 74.8 Å². The van der Waals surface area contributed by atoms with Gasteiger partial charge in [-0.05, 0) is 54.5 Å². The van der Waals surface area contributed by atoms with Crippen molar-refractivity contribution in [1.29, 1.82) is 0 Å². The van der Waals surface area contributed by atoms with Gasteiger partial charge in [0.15, 0.2) is 5.16 Å². The van der Waals surface area contributed by atoms with Crippen molar-refractivity contribution in [2.75, 3.05) is 11.1 Å². The molecule has 0 spiro atoms. The van der Waals surface area contributed by atoms with E-state index >= 15 is 0 Å². The highest BCUT2D eigenvalue weighted by Crippen LogP contribution is 2.34. The zero-order chi connectivity index (χ0) is 22.9. The number of halogens is 2. The number of nitrogens with one attached hydrogen (secondary N) is 2. The highest BCUT2D eigenvalue weighted by atomic mass is 35.5. The summed E-state index contributed by atoms with van der Waals surface area (Å²) < 4.78 is 0. The number of hydrogen-bond donors (Lipinski definition) is 2.